The van der Waals surface area contributed by atoms with Crippen molar-refractivity contribution in [2.45, 2.75) is 53.1 Å². The van der Waals surface area contributed by atoms with Crippen molar-refractivity contribution < 1.29 is 4.79 Å². The smallest absolute Gasteiger partial charge is 0.220 e. The fourth-order valence-corrected chi connectivity index (χ4v) is 1.50. The largest absolute Gasteiger partial charge is 0.354 e. The number of nitrogens with one attached hydrogen (secondary N) is 1. The van der Waals surface area contributed by atoms with E-state index >= 15 is 0 Å². The van der Waals surface area contributed by atoms with Crippen LogP contribution in [0.5, 0.6) is 0 Å². The van der Waals surface area contributed by atoms with Crippen LogP contribution in [0.3, 0.4) is 0 Å². The molecule has 1 heterocycles. The number of carbonyl (C=O) groups is 1. The van der Waals surface area contributed by atoms with Crippen molar-refractivity contribution in [1.29, 1.82) is 0 Å². The summed E-state index contributed by atoms with van der Waals surface area (Å²) in [7, 11) is 0. The van der Waals surface area contributed by atoms with Gasteiger partial charge in [-0.2, -0.15) is 0 Å². The average molecular weight is 222 g/mol. The summed E-state index contributed by atoms with van der Waals surface area (Å²) in [6.07, 6.45) is 4.31. The van der Waals surface area contributed by atoms with Crippen molar-refractivity contribution in [2.75, 3.05) is 0 Å². The number of aryl methyl sites for hydroxylation is 2. The van der Waals surface area contributed by atoms with Gasteiger partial charge in [-0.05, 0) is 34.1 Å². The summed E-state index contributed by atoms with van der Waals surface area (Å²) in [5.41, 5.74) is 2.14. The van der Waals surface area contributed by atoms with Crippen LogP contribution in [-0.4, -0.2) is 21.5 Å². The monoisotopic (exact) mass is 222 g/mol. The molecule has 0 unspecified atom stereocenters. The minimum absolute atomic E-state index is 0.115. The van der Waals surface area contributed by atoms with Crippen LogP contribution in [0.2, 0.25) is 0 Å². The van der Waals surface area contributed by atoms with Crippen molar-refractivity contribution in [2.24, 2.45) is 0 Å². The van der Waals surface area contributed by atoms with Crippen LogP contribution in [0.15, 0.2) is 0 Å². The molecule has 0 aliphatic carbocycles. The molecule has 1 aromatic rings. The summed E-state index contributed by atoms with van der Waals surface area (Å²) in [5, 5.41) is 2.87. The Morgan fingerprint density at radius 2 is 2.19 bits per heavy atom. The third kappa shape index (κ3) is 3.68. The summed E-state index contributed by atoms with van der Waals surface area (Å²) >= 11 is 0. The standard InChI is InChI=1S/C12H20N3O/c1-9(2)14-12(16)6-5-7-15-8-13-10(3)11(15)4/h9H,5-7H2,1-4H3,(H,14,16). The maximum Gasteiger partial charge on any atom is 0.220 e. The molecule has 0 bridgehead atoms. The van der Waals surface area contributed by atoms with Crippen LogP contribution in [-0.2, 0) is 11.3 Å². The second kappa shape index (κ2) is 5.68. The maximum atomic E-state index is 11.4. The van der Waals surface area contributed by atoms with E-state index in [1.807, 2.05) is 32.3 Å². The second-order valence-corrected chi connectivity index (χ2v) is 4.36. The Kier molecular flexibility index (Phi) is 4.52. The zero-order chi connectivity index (χ0) is 12.1. The molecule has 1 N–H and O–H groups in total. The van der Waals surface area contributed by atoms with E-state index in [1.54, 1.807) is 0 Å². The van der Waals surface area contributed by atoms with Crippen molar-refractivity contribution in [1.82, 2.24) is 14.9 Å². The molecular formula is C12H20N3O. The molecule has 4 nitrogen and oxygen atoms in total. The van der Waals surface area contributed by atoms with Crippen LogP contribution >= 0.6 is 0 Å². The van der Waals surface area contributed by atoms with Crippen LogP contribution in [0.1, 0.15) is 38.1 Å². The number of aromatic nitrogens is 2. The third-order valence-corrected chi connectivity index (χ3v) is 2.50. The van der Waals surface area contributed by atoms with E-state index in [-0.39, 0.29) is 11.9 Å². The Hall–Kier alpha value is -1.32. The molecule has 0 spiro atoms. The van der Waals surface area contributed by atoms with Crippen LogP contribution in [0.25, 0.3) is 0 Å². The molecule has 16 heavy (non-hydrogen) atoms. The number of hydrogen-bond acceptors (Lipinski definition) is 2. The third-order valence-electron chi connectivity index (χ3n) is 2.50. The van der Waals surface area contributed by atoms with E-state index in [9.17, 15) is 4.79 Å². The van der Waals surface area contributed by atoms with E-state index in [1.165, 1.54) is 0 Å². The van der Waals surface area contributed by atoms with E-state index in [0.717, 1.165) is 24.4 Å². The summed E-state index contributed by atoms with van der Waals surface area (Å²) in [6.45, 7) is 8.73. The van der Waals surface area contributed by atoms with Gasteiger partial charge >= 0.3 is 0 Å². The van der Waals surface area contributed by atoms with Gasteiger partial charge in [0.25, 0.3) is 0 Å². The summed E-state index contributed by atoms with van der Waals surface area (Å²) in [5.74, 6) is 0.115. The molecule has 0 aromatic carbocycles. The highest BCUT2D eigenvalue weighted by Crippen LogP contribution is 2.05. The molecule has 1 aromatic heterocycles. The number of carbonyl (C=O) groups excluding carboxylic acids is 1. The Bertz CT molecular complexity index is 355. The first kappa shape index (κ1) is 12.7. The zero-order valence-corrected chi connectivity index (χ0v) is 10.5. The number of rotatable bonds is 5. The molecule has 1 amide bonds. The lowest BCUT2D eigenvalue weighted by Gasteiger charge is -2.08. The van der Waals surface area contributed by atoms with Gasteiger partial charge in [-0.1, -0.05) is 0 Å². The van der Waals surface area contributed by atoms with Crippen molar-refractivity contribution in [3.8, 4) is 0 Å². The van der Waals surface area contributed by atoms with Crippen molar-refractivity contribution in [3.63, 3.8) is 0 Å². The first-order valence-electron chi connectivity index (χ1n) is 5.71. The Morgan fingerprint density at radius 3 is 2.69 bits per heavy atom. The predicted octanol–water partition coefficient (Wildman–Crippen LogP) is 1.60. The minimum atomic E-state index is 0.115. The lowest BCUT2D eigenvalue weighted by Crippen LogP contribution is -2.29. The van der Waals surface area contributed by atoms with Crippen LogP contribution in [0, 0.1) is 20.2 Å². The molecule has 0 saturated heterocycles. The van der Waals surface area contributed by atoms with Gasteiger partial charge in [0.15, 0.2) is 6.33 Å². The van der Waals surface area contributed by atoms with Gasteiger partial charge < -0.3 is 9.88 Å². The number of hydrogen-bond donors (Lipinski definition) is 1. The van der Waals surface area contributed by atoms with Crippen molar-refractivity contribution in [3.05, 3.63) is 17.7 Å². The van der Waals surface area contributed by atoms with Crippen LogP contribution in [0.4, 0.5) is 0 Å². The van der Waals surface area contributed by atoms with E-state index in [0.29, 0.717) is 6.42 Å². The summed E-state index contributed by atoms with van der Waals surface area (Å²) in [4.78, 5) is 15.5. The van der Waals surface area contributed by atoms with Gasteiger partial charge in [-0.15, -0.1) is 0 Å². The SMILES string of the molecule is Cc1n[c]n(CCCC(=O)NC(C)C)c1C. The number of amides is 1. The fourth-order valence-electron chi connectivity index (χ4n) is 1.50. The lowest BCUT2D eigenvalue weighted by molar-refractivity contribution is -0.121. The molecular weight excluding hydrogens is 202 g/mol. The number of nitrogens with zero attached hydrogens (tertiary/aromatic N) is 2. The van der Waals surface area contributed by atoms with Gasteiger partial charge in [-0.25, -0.2) is 4.98 Å². The molecule has 1 rings (SSSR count). The first-order chi connectivity index (χ1) is 7.50. The first-order valence-corrected chi connectivity index (χ1v) is 5.71. The molecule has 0 aliphatic heterocycles. The molecule has 0 atom stereocenters. The van der Waals surface area contributed by atoms with E-state index in [4.69, 9.17) is 0 Å². The zero-order valence-electron chi connectivity index (χ0n) is 10.5. The van der Waals surface area contributed by atoms with E-state index < -0.39 is 0 Å². The maximum absolute atomic E-state index is 11.4. The predicted molar refractivity (Wildman–Crippen MR) is 63.0 cm³/mol. The molecule has 1 radical (unpaired) electrons. The van der Waals surface area contributed by atoms with Crippen LogP contribution < -0.4 is 5.32 Å². The Morgan fingerprint density at radius 1 is 1.50 bits per heavy atom. The summed E-state index contributed by atoms with van der Waals surface area (Å²) in [6, 6.07) is 0.219. The Balaban J connectivity index is 2.31. The van der Waals surface area contributed by atoms with Crippen molar-refractivity contribution >= 4 is 5.91 Å². The quantitative estimate of drug-likeness (QED) is 0.822. The van der Waals surface area contributed by atoms with E-state index in [2.05, 4.69) is 16.6 Å². The second-order valence-electron chi connectivity index (χ2n) is 4.36. The highest BCUT2D eigenvalue weighted by molar-refractivity contribution is 5.76. The molecule has 0 saturated carbocycles. The highest BCUT2D eigenvalue weighted by atomic mass is 16.1. The minimum Gasteiger partial charge on any atom is -0.354 e. The summed E-state index contributed by atoms with van der Waals surface area (Å²) < 4.78 is 1.97. The lowest BCUT2D eigenvalue weighted by atomic mass is 10.2. The Labute approximate surface area is 97.1 Å². The molecule has 89 valence electrons. The molecule has 0 fully saturated rings. The van der Waals surface area contributed by atoms with Gasteiger partial charge in [0, 0.05) is 24.7 Å². The fraction of sp³-hybridized carbons (Fsp3) is 0.667. The molecule has 4 heteroatoms. The highest BCUT2D eigenvalue weighted by Gasteiger charge is 2.05. The van der Waals surface area contributed by atoms with Gasteiger partial charge in [0.1, 0.15) is 0 Å². The van der Waals surface area contributed by atoms with Gasteiger partial charge in [-0.3, -0.25) is 4.79 Å². The number of imidazole rings is 1. The molecule has 0 aliphatic rings. The average Bonchev–Trinajstić information content (AvgIpc) is 2.48. The van der Waals surface area contributed by atoms with Gasteiger partial charge in [0.05, 0.1) is 5.69 Å². The topological polar surface area (TPSA) is 46.9 Å². The normalized spacial score (nSPS) is 10.8. The van der Waals surface area contributed by atoms with Gasteiger partial charge in [0.2, 0.25) is 5.91 Å².